The summed E-state index contributed by atoms with van der Waals surface area (Å²) < 4.78 is 27.0. The van der Waals surface area contributed by atoms with E-state index in [4.69, 9.17) is 5.11 Å². The van der Waals surface area contributed by atoms with Gasteiger partial charge in [-0.25, -0.2) is 13.2 Å². The molecule has 1 saturated heterocycles. The van der Waals surface area contributed by atoms with Crippen LogP contribution in [0.4, 0.5) is 0 Å². The van der Waals surface area contributed by atoms with Crippen molar-refractivity contribution in [1.29, 1.82) is 0 Å². The molecular weight excluding hydrogens is 320 g/mol. The average molecular weight is 342 g/mol. The van der Waals surface area contributed by atoms with Crippen molar-refractivity contribution in [3.63, 3.8) is 0 Å². The Morgan fingerprint density at radius 3 is 2.61 bits per heavy atom. The van der Waals surface area contributed by atoms with E-state index in [1.165, 1.54) is 22.5 Å². The van der Waals surface area contributed by atoms with Crippen LogP contribution in [0, 0.1) is 6.92 Å². The van der Waals surface area contributed by atoms with Crippen LogP contribution in [0.15, 0.2) is 23.1 Å². The standard InChI is InChI=1S/C15H22N2O5S/c1-11-3-4-13(9-14(11)15(19)20)23(21,22)17-6-5-16(7-8-18)10-12(17)2/h3-4,9,12,18H,5-8,10H2,1-2H3,(H,19,20). The van der Waals surface area contributed by atoms with Gasteiger partial charge in [-0.2, -0.15) is 4.31 Å². The Morgan fingerprint density at radius 2 is 2.04 bits per heavy atom. The summed E-state index contributed by atoms with van der Waals surface area (Å²) in [5, 5.41) is 18.2. The second-order valence-electron chi connectivity index (χ2n) is 5.77. The normalized spacial score (nSPS) is 20.6. The highest BCUT2D eigenvalue weighted by atomic mass is 32.2. The number of hydrogen-bond donors (Lipinski definition) is 2. The molecule has 1 aromatic rings. The van der Waals surface area contributed by atoms with Crippen LogP contribution in [-0.4, -0.2) is 72.6 Å². The predicted octanol–water partition coefficient (Wildman–Crippen LogP) is 0.380. The van der Waals surface area contributed by atoms with Crippen molar-refractivity contribution in [2.75, 3.05) is 32.8 Å². The lowest BCUT2D eigenvalue weighted by Crippen LogP contribution is -2.54. The molecule has 0 aliphatic carbocycles. The molecule has 0 radical (unpaired) electrons. The second kappa shape index (κ2) is 6.96. The number of aliphatic hydroxyl groups excluding tert-OH is 1. The molecule has 1 aliphatic rings. The largest absolute Gasteiger partial charge is 0.478 e. The number of carbonyl (C=O) groups is 1. The van der Waals surface area contributed by atoms with Gasteiger partial charge in [-0.05, 0) is 31.5 Å². The highest BCUT2D eigenvalue weighted by Gasteiger charge is 2.33. The molecule has 0 aromatic heterocycles. The predicted molar refractivity (Wildman–Crippen MR) is 85.0 cm³/mol. The van der Waals surface area contributed by atoms with Crippen LogP contribution in [-0.2, 0) is 10.0 Å². The first kappa shape index (κ1) is 17.9. The summed E-state index contributed by atoms with van der Waals surface area (Å²) in [5.41, 5.74) is 0.523. The van der Waals surface area contributed by atoms with E-state index in [0.29, 0.717) is 31.7 Å². The van der Waals surface area contributed by atoms with Crippen LogP contribution in [0.1, 0.15) is 22.8 Å². The number of aryl methyl sites for hydroxylation is 1. The molecule has 1 aromatic carbocycles. The number of nitrogens with zero attached hydrogens (tertiary/aromatic N) is 2. The van der Waals surface area contributed by atoms with E-state index in [2.05, 4.69) is 0 Å². The lowest BCUT2D eigenvalue weighted by atomic mass is 10.1. The molecule has 0 amide bonds. The fourth-order valence-electron chi connectivity index (χ4n) is 2.85. The van der Waals surface area contributed by atoms with Gasteiger partial charge in [-0.15, -0.1) is 0 Å². The lowest BCUT2D eigenvalue weighted by Gasteiger charge is -2.38. The molecule has 0 bridgehead atoms. The second-order valence-corrected chi connectivity index (χ2v) is 7.66. The lowest BCUT2D eigenvalue weighted by molar-refractivity contribution is 0.0696. The highest BCUT2D eigenvalue weighted by molar-refractivity contribution is 7.89. The Morgan fingerprint density at radius 1 is 1.35 bits per heavy atom. The maximum absolute atomic E-state index is 12.8. The fraction of sp³-hybridized carbons (Fsp3) is 0.533. The van der Waals surface area contributed by atoms with E-state index in [-0.39, 0.29) is 23.1 Å². The number of sulfonamides is 1. The minimum absolute atomic E-state index is 0.00218. The van der Waals surface area contributed by atoms with Crippen LogP contribution in [0.3, 0.4) is 0 Å². The van der Waals surface area contributed by atoms with E-state index >= 15 is 0 Å². The molecule has 128 valence electrons. The van der Waals surface area contributed by atoms with Crippen LogP contribution < -0.4 is 0 Å². The quantitative estimate of drug-likeness (QED) is 0.803. The van der Waals surface area contributed by atoms with Crippen LogP contribution in [0.25, 0.3) is 0 Å². The Labute approximate surface area is 136 Å². The summed E-state index contributed by atoms with van der Waals surface area (Å²) in [4.78, 5) is 13.2. The average Bonchev–Trinajstić information content (AvgIpc) is 2.47. The highest BCUT2D eigenvalue weighted by Crippen LogP contribution is 2.23. The zero-order valence-corrected chi connectivity index (χ0v) is 14.1. The van der Waals surface area contributed by atoms with Crippen molar-refractivity contribution in [3.05, 3.63) is 29.3 Å². The van der Waals surface area contributed by atoms with Gasteiger partial charge in [0.15, 0.2) is 0 Å². The van der Waals surface area contributed by atoms with Crippen molar-refractivity contribution < 1.29 is 23.4 Å². The van der Waals surface area contributed by atoms with Gasteiger partial charge in [-0.3, -0.25) is 4.90 Å². The molecule has 1 aliphatic heterocycles. The van der Waals surface area contributed by atoms with Crippen LogP contribution in [0.2, 0.25) is 0 Å². The molecule has 1 fully saturated rings. The first-order valence-electron chi connectivity index (χ1n) is 7.46. The van der Waals surface area contributed by atoms with Gasteiger partial charge in [0.25, 0.3) is 0 Å². The molecule has 2 rings (SSSR count). The smallest absolute Gasteiger partial charge is 0.335 e. The number of β-amino-alcohol motifs (C(OH)–C–C–N with tert-alkyl or cyclic N) is 1. The minimum Gasteiger partial charge on any atom is -0.478 e. The van der Waals surface area contributed by atoms with E-state index in [1.807, 2.05) is 11.8 Å². The number of hydrogen-bond acceptors (Lipinski definition) is 5. The van der Waals surface area contributed by atoms with E-state index < -0.39 is 16.0 Å². The molecule has 0 spiro atoms. The number of carboxylic acids is 1. The SMILES string of the molecule is Cc1ccc(S(=O)(=O)N2CCN(CCO)CC2C)cc1C(=O)O. The van der Waals surface area contributed by atoms with E-state index in [9.17, 15) is 18.3 Å². The van der Waals surface area contributed by atoms with Crippen LogP contribution in [0.5, 0.6) is 0 Å². The zero-order chi connectivity index (χ0) is 17.2. The summed E-state index contributed by atoms with van der Waals surface area (Å²) in [6.07, 6.45) is 0. The minimum atomic E-state index is -3.74. The summed E-state index contributed by atoms with van der Waals surface area (Å²) in [7, 11) is -3.74. The number of rotatable bonds is 5. The Bertz CT molecular complexity index is 689. The Hall–Kier alpha value is -1.48. The molecular formula is C15H22N2O5S. The van der Waals surface area contributed by atoms with Crippen LogP contribution >= 0.6 is 0 Å². The molecule has 1 heterocycles. The third-order valence-electron chi connectivity index (χ3n) is 4.11. The van der Waals surface area contributed by atoms with Crippen molar-refractivity contribution in [1.82, 2.24) is 9.21 Å². The van der Waals surface area contributed by atoms with E-state index in [1.54, 1.807) is 6.92 Å². The van der Waals surface area contributed by atoms with Gasteiger partial charge in [0, 0.05) is 32.2 Å². The molecule has 7 nitrogen and oxygen atoms in total. The van der Waals surface area contributed by atoms with Gasteiger partial charge in [0.1, 0.15) is 0 Å². The van der Waals surface area contributed by atoms with Crippen molar-refractivity contribution >= 4 is 16.0 Å². The van der Waals surface area contributed by atoms with Crippen molar-refractivity contribution in [2.24, 2.45) is 0 Å². The maximum atomic E-state index is 12.8. The van der Waals surface area contributed by atoms with Gasteiger partial charge in [-0.1, -0.05) is 6.07 Å². The molecule has 2 N–H and O–H groups in total. The first-order valence-corrected chi connectivity index (χ1v) is 8.90. The summed E-state index contributed by atoms with van der Waals surface area (Å²) in [6.45, 7) is 5.41. The summed E-state index contributed by atoms with van der Waals surface area (Å²) in [5.74, 6) is -1.14. The number of benzene rings is 1. The molecule has 23 heavy (non-hydrogen) atoms. The van der Waals surface area contributed by atoms with Crippen molar-refractivity contribution in [2.45, 2.75) is 24.8 Å². The summed E-state index contributed by atoms with van der Waals surface area (Å²) >= 11 is 0. The van der Waals surface area contributed by atoms with Gasteiger partial charge < -0.3 is 10.2 Å². The number of aromatic carboxylic acids is 1. The molecule has 1 unspecified atom stereocenters. The molecule has 8 heteroatoms. The molecule has 1 atom stereocenters. The van der Waals surface area contributed by atoms with Gasteiger partial charge in [0.2, 0.25) is 10.0 Å². The Kier molecular flexibility index (Phi) is 5.41. The first-order chi connectivity index (χ1) is 10.8. The number of piperazine rings is 1. The number of aliphatic hydroxyl groups is 1. The van der Waals surface area contributed by atoms with Gasteiger partial charge >= 0.3 is 5.97 Å². The van der Waals surface area contributed by atoms with Crippen molar-refractivity contribution in [3.8, 4) is 0 Å². The van der Waals surface area contributed by atoms with Gasteiger partial charge in [0.05, 0.1) is 17.1 Å². The fourth-order valence-corrected chi connectivity index (χ4v) is 4.49. The summed E-state index contributed by atoms with van der Waals surface area (Å²) in [6, 6.07) is 3.95. The molecule has 0 saturated carbocycles. The maximum Gasteiger partial charge on any atom is 0.335 e. The topological polar surface area (TPSA) is 98.2 Å². The zero-order valence-electron chi connectivity index (χ0n) is 13.3. The third-order valence-corrected chi connectivity index (χ3v) is 6.12. The van der Waals surface area contributed by atoms with E-state index in [0.717, 1.165) is 0 Å². The Balaban J connectivity index is 2.29. The third kappa shape index (κ3) is 3.72. The monoisotopic (exact) mass is 342 g/mol. The number of carboxylic acid groups (broad SMARTS) is 1.